The molecule has 0 aliphatic carbocycles. The van der Waals surface area contributed by atoms with Gasteiger partial charge in [-0.25, -0.2) is 0 Å². The van der Waals surface area contributed by atoms with Crippen molar-refractivity contribution in [3.8, 4) is 0 Å². The topological polar surface area (TPSA) is 113 Å². The van der Waals surface area contributed by atoms with Crippen LogP contribution in [-0.4, -0.2) is 26.5 Å². The van der Waals surface area contributed by atoms with Crippen LogP contribution in [0.15, 0.2) is 29.4 Å². The highest BCUT2D eigenvalue weighted by Crippen LogP contribution is 2.11. The molecule has 0 radical (unpaired) electrons. The molecule has 0 aliphatic heterocycles. The number of aromatic nitrogens is 2. The van der Waals surface area contributed by atoms with Crippen LogP contribution in [0.4, 0.5) is 0 Å². The first-order valence-corrected chi connectivity index (χ1v) is 7.09. The van der Waals surface area contributed by atoms with E-state index in [9.17, 15) is 4.79 Å². The Bertz CT molecular complexity index is 668. The molecule has 1 heterocycles. The third-order valence-electron chi connectivity index (χ3n) is 2.88. The summed E-state index contributed by atoms with van der Waals surface area (Å²) >= 11 is 1.08. The molecule has 21 heavy (non-hydrogen) atoms. The lowest BCUT2D eigenvalue weighted by Gasteiger charge is -2.06. The number of nitrogens with zero attached hydrogens (tertiary/aromatic N) is 3. The molecule has 0 spiro atoms. The normalized spacial score (nSPS) is 11.4. The molecule has 7 nitrogen and oxygen atoms in total. The SMILES string of the molecule is CCc1nnsc1C(=O)NCc1cccc(C(N)=NO)c1. The molecule has 0 aliphatic rings. The van der Waals surface area contributed by atoms with Crippen LogP contribution in [0.5, 0.6) is 0 Å². The summed E-state index contributed by atoms with van der Waals surface area (Å²) in [6.45, 7) is 2.26. The number of aryl methyl sites for hydroxylation is 1. The van der Waals surface area contributed by atoms with E-state index in [1.54, 1.807) is 18.2 Å². The van der Waals surface area contributed by atoms with Gasteiger partial charge in [0.15, 0.2) is 5.84 Å². The van der Waals surface area contributed by atoms with E-state index in [4.69, 9.17) is 10.9 Å². The number of carbonyl (C=O) groups is 1. The van der Waals surface area contributed by atoms with E-state index in [0.717, 1.165) is 17.1 Å². The van der Waals surface area contributed by atoms with E-state index in [1.165, 1.54) is 0 Å². The Hall–Kier alpha value is -2.48. The summed E-state index contributed by atoms with van der Waals surface area (Å²) in [6, 6.07) is 7.10. The lowest BCUT2D eigenvalue weighted by atomic mass is 10.1. The standard InChI is InChI=1S/C13H15N5O2S/c1-2-10-11(21-18-16-10)13(19)15-7-8-4-3-5-9(6-8)12(14)17-20/h3-6,20H,2,7H2,1H3,(H2,14,17)(H,15,19). The van der Waals surface area contributed by atoms with Crippen molar-refractivity contribution >= 4 is 23.3 Å². The van der Waals surface area contributed by atoms with Crippen LogP contribution in [-0.2, 0) is 13.0 Å². The second-order valence-electron chi connectivity index (χ2n) is 4.27. The molecule has 1 amide bonds. The number of amides is 1. The van der Waals surface area contributed by atoms with Gasteiger partial charge in [-0.3, -0.25) is 4.79 Å². The molecular weight excluding hydrogens is 290 g/mol. The number of benzene rings is 1. The molecule has 0 bridgehead atoms. The fourth-order valence-corrected chi connectivity index (χ4v) is 2.44. The highest BCUT2D eigenvalue weighted by molar-refractivity contribution is 7.08. The maximum Gasteiger partial charge on any atom is 0.265 e. The van der Waals surface area contributed by atoms with Crippen molar-refractivity contribution in [3.63, 3.8) is 0 Å². The van der Waals surface area contributed by atoms with Crippen molar-refractivity contribution < 1.29 is 10.0 Å². The van der Waals surface area contributed by atoms with Crippen molar-refractivity contribution in [2.45, 2.75) is 19.9 Å². The van der Waals surface area contributed by atoms with Crippen LogP contribution < -0.4 is 11.1 Å². The van der Waals surface area contributed by atoms with Crippen molar-refractivity contribution in [3.05, 3.63) is 46.0 Å². The molecule has 1 aromatic carbocycles. The Kier molecular flexibility index (Phi) is 4.83. The molecular formula is C13H15N5O2S. The molecule has 1 aromatic heterocycles. The summed E-state index contributed by atoms with van der Waals surface area (Å²) in [6.07, 6.45) is 0.665. The molecule has 4 N–H and O–H groups in total. The summed E-state index contributed by atoms with van der Waals surface area (Å²) in [5.41, 5.74) is 7.67. The molecule has 0 unspecified atom stereocenters. The van der Waals surface area contributed by atoms with Gasteiger partial charge in [-0.05, 0) is 29.6 Å². The van der Waals surface area contributed by atoms with Gasteiger partial charge in [-0.1, -0.05) is 34.8 Å². The Morgan fingerprint density at radius 3 is 3.05 bits per heavy atom. The number of rotatable bonds is 5. The Morgan fingerprint density at radius 1 is 1.52 bits per heavy atom. The van der Waals surface area contributed by atoms with Crippen molar-refractivity contribution in [2.24, 2.45) is 10.9 Å². The van der Waals surface area contributed by atoms with Crippen LogP contribution in [0.1, 0.15) is 33.4 Å². The van der Waals surface area contributed by atoms with Crippen molar-refractivity contribution in [1.82, 2.24) is 14.9 Å². The molecule has 0 atom stereocenters. The van der Waals surface area contributed by atoms with Crippen LogP contribution in [0.2, 0.25) is 0 Å². The first-order chi connectivity index (χ1) is 10.2. The van der Waals surface area contributed by atoms with Crippen LogP contribution >= 0.6 is 11.5 Å². The Morgan fingerprint density at radius 2 is 2.33 bits per heavy atom. The zero-order valence-electron chi connectivity index (χ0n) is 11.4. The van der Waals surface area contributed by atoms with Crippen molar-refractivity contribution in [2.75, 3.05) is 0 Å². The summed E-state index contributed by atoms with van der Waals surface area (Å²) in [5, 5.41) is 18.3. The van der Waals surface area contributed by atoms with Crippen LogP contribution in [0, 0.1) is 0 Å². The Labute approximate surface area is 125 Å². The number of amidine groups is 1. The van der Waals surface area contributed by atoms with E-state index in [-0.39, 0.29) is 11.7 Å². The second kappa shape index (κ2) is 6.80. The van der Waals surface area contributed by atoms with Gasteiger partial charge in [0.1, 0.15) is 4.88 Å². The van der Waals surface area contributed by atoms with Crippen LogP contribution in [0.25, 0.3) is 0 Å². The highest BCUT2D eigenvalue weighted by atomic mass is 32.1. The van der Waals surface area contributed by atoms with E-state index in [1.807, 2.05) is 13.0 Å². The first kappa shape index (κ1) is 14.9. The fourth-order valence-electron chi connectivity index (χ4n) is 1.77. The van der Waals surface area contributed by atoms with E-state index in [2.05, 4.69) is 20.1 Å². The zero-order valence-corrected chi connectivity index (χ0v) is 12.2. The molecule has 0 saturated heterocycles. The minimum atomic E-state index is -0.198. The van der Waals surface area contributed by atoms with Crippen molar-refractivity contribution in [1.29, 1.82) is 0 Å². The summed E-state index contributed by atoms with van der Waals surface area (Å²) in [7, 11) is 0. The third-order valence-corrected chi connectivity index (χ3v) is 3.65. The lowest BCUT2D eigenvalue weighted by molar-refractivity contribution is 0.0954. The lowest BCUT2D eigenvalue weighted by Crippen LogP contribution is -2.23. The predicted octanol–water partition coefficient (Wildman–Crippen LogP) is 1.13. The van der Waals surface area contributed by atoms with Gasteiger partial charge in [0, 0.05) is 12.1 Å². The smallest absolute Gasteiger partial charge is 0.265 e. The predicted molar refractivity (Wildman–Crippen MR) is 79.4 cm³/mol. The molecule has 0 fully saturated rings. The molecule has 2 rings (SSSR count). The number of hydrogen-bond donors (Lipinski definition) is 3. The van der Waals surface area contributed by atoms with Gasteiger partial charge < -0.3 is 16.3 Å². The third kappa shape index (κ3) is 3.54. The van der Waals surface area contributed by atoms with Gasteiger partial charge in [0.25, 0.3) is 5.91 Å². The summed E-state index contributed by atoms with van der Waals surface area (Å²) in [4.78, 5) is 12.6. The maximum absolute atomic E-state index is 12.1. The Balaban J connectivity index is 2.05. The van der Waals surface area contributed by atoms with Crippen LogP contribution in [0.3, 0.4) is 0 Å². The summed E-state index contributed by atoms with van der Waals surface area (Å²) in [5.74, 6) is -0.167. The van der Waals surface area contributed by atoms with E-state index >= 15 is 0 Å². The fraction of sp³-hybridized carbons (Fsp3) is 0.231. The largest absolute Gasteiger partial charge is 0.409 e. The minimum Gasteiger partial charge on any atom is -0.409 e. The number of nitrogens with one attached hydrogen (secondary N) is 1. The average Bonchev–Trinajstić information content (AvgIpc) is 3.00. The molecule has 2 aromatic rings. The van der Waals surface area contributed by atoms with Gasteiger partial charge in [0.2, 0.25) is 0 Å². The van der Waals surface area contributed by atoms with E-state index < -0.39 is 0 Å². The number of hydrogen-bond acceptors (Lipinski definition) is 6. The second-order valence-corrected chi connectivity index (χ2v) is 5.02. The number of oxime groups is 1. The van der Waals surface area contributed by atoms with Gasteiger partial charge in [0.05, 0.1) is 5.69 Å². The maximum atomic E-state index is 12.1. The first-order valence-electron chi connectivity index (χ1n) is 6.32. The quantitative estimate of drug-likeness (QED) is 0.331. The highest BCUT2D eigenvalue weighted by Gasteiger charge is 2.14. The monoisotopic (exact) mass is 305 g/mol. The van der Waals surface area contributed by atoms with E-state index in [0.29, 0.717) is 29.1 Å². The van der Waals surface area contributed by atoms with Gasteiger partial charge >= 0.3 is 0 Å². The average molecular weight is 305 g/mol. The molecule has 110 valence electrons. The number of carbonyl (C=O) groups excluding carboxylic acids is 1. The summed E-state index contributed by atoms with van der Waals surface area (Å²) < 4.78 is 3.79. The molecule has 0 saturated carbocycles. The minimum absolute atomic E-state index is 0.0307. The van der Waals surface area contributed by atoms with Gasteiger partial charge in [-0.15, -0.1) is 5.10 Å². The number of nitrogens with two attached hydrogens (primary N) is 1. The molecule has 8 heteroatoms. The van der Waals surface area contributed by atoms with Gasteiger partial charge in [-0.2, -0.15) is 0 Å². The zero-order chi connectivity index (χ0) is 15.2.